The summed E-state index contributed by atoms with van der Waals surface area (Å²) < 4.78 is 13.3. The Morgan fingerprint density at radius 2 is 1.48 bits per heavy atom. The molecule has 1 fully saturated rings. The molecular formula is C22H22N2O2S. The van der Waals surface area contributed by atoms with Crippen molar-refractivity contribution in [2.75, 3.05) is 14.2 Å². The lowest BCUT2D eigenvalue weighted by Gasteiger charge is -2.14. The Balaban J connectivity index is 1.84. The molecular weight excluding hydrogens is 356 g/mol. The van der Waals surface area contributed by atoms with Crippen LogP contribution in [-0.2, 0) is 6.54 Å². The molecule has 0 saturated heterocycles. The molecule has 0 aliphatic heterocycles. The molecule has 0 bridgehead atoms. The van der Waals surface area contributed by atoms with Crippen molar-refractivity contribution in [2.24, 2.45) is 5.92 Å². The molecule has 0 radical (unpaired) electrons. The fourth-order valence-electron chi connectivity index (χ4n) is 3.12. The molecule has 1 saturated carbocycles. The zero-order chi connectivity index (χ0) is 18.8. The minimum absolute atomic E-state index is 0.708. The topological polar surface area (TPSA) is 36.3 Å². The molecule has 4 rings (SSSR count). The smallest absolute Gasteiger partial charge is 0.123 e. The quantitative estimate of drug-likeness (QED) is 0.540. The van der Waals surface area contributed by atoms with Crippen LogP contribution in [-0.4, -0.2) is 24.0 Å². The lowest BCUT2D eigenvalue weighted by Crippen LogP contribution is -2.09. The molecule has 0 atom stereocenters. The zero-order valence-electron chi connectivity index (χ0n) is 15.5. The van der Waals surface area contributed by atoms with Gasteiger partial charge in [-0.15, -0.1) is 0 Å². The predicted molar refractivity (Wildman–Crippen MR) is 110 cm³/mol. The molecule has 0 amide bonds. The molecule has 2 aromatic carbocycles. The first kappa shape index (κ1) is 17.7. The molecule has 5 heteroatoms. The highest BCUT2D eigenvalue weighted by atomic mass is 32.1. The fraction of sp³-hybridized carbons (Fsp3) is 0.273. The van der Waals surface area contributed by atoms with E-state index in [0.29, 0.717) is 5.92 Å². The number of ether oxygens (including phenoxy) is 2. The van der Waals surface area contributed by atoms with E-state index in [2.05, 4.69) is 6.07 Å². The SMILES string of the molecule is COc1ccc(-c2cc(=S)n(CC3CC3)nc2-c2ccc(OC)cc2)cc1. The van der Waals surface area contributed by atoms with Gasteiger partial charge in [0.2, 0.25) is 0 Å². The number of methoxy groups -OCH3 is 2. The molecule has 0 unspecified atom stereocenters. The van der Waals surface area contributed by atoms with Gasteiger partial charge in [0.1, 0.15) is 16.1 Å². The Morgan fingerprint density at radius 1 is 0.926 bits per heavy atom. The standard InChI is InChI=1S/C22H22N2O2S/c1-25-18-9-5-16(6-10-18)20-13-21(27)24(14-15-3-4-15)23-22(20)17-7-11-19(26-2)12-8-17/h5-13,15H,3-4,14H2,1-2H3. The van der Waals surface area contributed by atoms with Crippen LogP contribution in [0.1, 0.15) is 12.8 Å². The summed E-state index contributed by atoms with van der Waals surface area (Å²) >= 11 is 5.64. The average Bonchev–Trinajstić information content (AvgIpc) is 3.53. The second kappa shape index (κ2) is 7.53. The highest BCUT2D eigenvalue weighted by Gasteiger charge is 2.23. The van der Waals surface area contributed by atoms with Gasteiger partial charge in [-0.05, 0) is 66.8 Å². The average molecular weight is 378 g/mol. The lowest BCUT2D eigenvalue weighted by molar-refractivity contribution is 0.414. The van der Waals surface area contributed by atoms with Gasteiger partial charge in [-0.25, -0.2) is 0 Å². The summed E-state index contributed by atoms with van der Waals surface area (Å²) in [6, 6.07) is 18.1. The lowest BCUT2D eigenvalue weighted by atomic mass is 10.00. The molecule has 1 aliphatic carbocycles. The van der Waals surface area contributed by atoms with E-state index in [1.54, 1.807) is 14.2 Å². The summed E-state index contributed by atoms with van der Waals surface area (Å²) in [7, 11) is 3.34. The van der Waals surface area contributed by atoms with Crippen LogP contribution in [0.3, 0.4) is 0 Å². The Bertz CT molecular complexity index is 990. The number of aromatic nitrogens is 2. The van der Waals surface area contributed by atoms with Crippen molar-refractivity contribution in [3.63, 3.8) is 0 Å². The first-order valence-electron chi connectivity index (χ1n) is 9.09. The summed E-state index contributed by atoms with van der Waals surface area (Å²) in [5, 5.41) is 4.94. The highest BCUT2D eigenvalue weighted by Crippen LogP contribution is 2.34. The molecule has 1 heterocycles. The Morgan fingerprint density at radius 3 is 2.00 bits per heavy atom. The van der Waals surface area contributed by atoms with E-state index in [4.69, 9.17) is 26.8 Å². The van der Waals surface area contributed by atoms with E-state index >= 15 is 0 Å². The van der Waals surface area contributed by atoms with Crippen LogP contribution in [0.25, 0.3) is 22.4 Å². The second-order valence-electron chi connectivity index (χ2n) is 6.83. The monoisotopic (exact) mass is 378 g/mol. The largest absolute Gasteiger partial charge is 0.497 e. The first-order chi connectivity index (χ1) is 13.2. The van der Waals surface area contributed by atoms with Crippen molar-refractivity contribution in [3.8, 4) is 33.9 Å². The summed E-state index contributed by atoms with van der Waals surface area (Å²) in [4.78, 5) is 0. The van der Waals surface area contributed by atoms with E-state index in [1.807, 2.05) is 53.2 Å². The van der Waals surface area contributed by atoms with Gasteiger partial charge in [-0.1, -0.05) is 24.4 Å². The third-order valence-electron chi connectivity index (χ3n) is 4.89. The predicted octanol–water partition coefficient (Wildman–Crippen LogP) is 5.37. The van der Waals surface area contributed by atoms with Gasteiger partial charge in [-0.2, -0.15) is 5.10 Å². The summed E-state index contributed by atoms with van der Waals surface area (Å²) in [6.45, 7) is 0.894. The van der Waals surface area contributed by atoms with Gasteiger partial charge in [-0.3, -0.25) is 4.68 Å². The third kappa shape index (κ3) is 3.88. The van der Waals surface area contributed by atoms with Crippen LogP contribution in [0.4, 0.5) is 0 Å². The van der Waals surface area contributed by atoms with Crippen molar-refractivity contribution >= 4 is 12.2 Å². The van der Waals surface area contributed by atoms with Crippen LogP contribution in [0.2, 0.25) is 0 Å². The highest BCUT2D eigenvalue weighted by molar-refractivity contribution is 7.71. The van der Waals surface area contributed by atoms with Crippen LogP contribution in [0.15, 0.2) is 54.6 Å². The van der Waals surface area contributed by atoms with E-state index in [-0.39, 0.29) is 0 Å². The maximum absolute atomic E-state index is 5.64. The molecule has 0 spiro atoms. The van der Waals surface area contributed by atoms with Crippen LogP contribution in [0, 0.1) is 10.6 Å². The molecule has 3 aromatic rings. The number of hydrogen-bond donors (Lipinski definition) is 0. The molecule has 1 aliphatic rings. The molecule has 1 aromatic heterocycles. The number of rotatable bonds is 6. The Labute approximate surface area is 164 Å². The minimum Gasteiger partial charge on any atom is -0.497 e. The summed E-state index contributed by atoms with van der Waals surface area (Å²) in [5.74, 6) is 2.37. The van der Waals surface area contributed by atoms with Crippen molar-refractivity contribution < 1.29 is 9.47 Å². The third-order valence-corrected chi connectivity index (χ3v) is 5.22. The molecule has 4 nitrogen and oxygen atoms in total. The van der Waals surface area contributed by atoms with Crippen LogP contribution < -0.4 is 9.47 Å². The van der Waals surface area contributed by atoms with Gasteiger partial charge in [0.25, 0.3) is 0 Å². The summed E-state index contributed by atoms with van der Waals surface area (Å²) in [6.07, 6.45) is 2.53. The molecule has 27 heavy (non-hydrogen) atoms. The zero-order valence-corrected chi connectivity index (χ0v) is 16.3. The van der Waals surface area contributed by atoms with Crippen LogP contribution >= 0.6 is 12.2 Å². The van der Waals surface area contributed by atoms with Gasteiger partial charge in [0.05, 0.1) is 19.9 Å². The van der Waals surface area contributed by atoms with Gasteiger partial charge >= 0.3 is 0 Å². The molecule has 138 valence electrons. The Hall–Kier alpha value is -2.66. The summed E-state index contributed by atoms with van der Waals surface area (Å²) in [5.41, 5.74) is 4.07. The van der Waals surface area contributed by atoms with Gasteiger partial charge in [0, 0.05) is 17.7 Å². The number of hydrogen-bond acceptors (Lipinski definition) is 4. The van der Waals surface area contributed by atoms with E-state index in [1.165, 1.54) is 12.8 Å². The normalized spacial score (nSPS) is 13.4. The van der Waals surface area contributed by atoms with Crippen molar-refractivity contribution in [3.05, 3.63) is 59.2 Å². The fourth-order valence-corrected chi connectivity index (χ4v) is 3.35. The van der Waals surface area contributed by atoms with Crippen LogP contribution in [0.5, 0.6) is 11.5 Å². The van der Waals surface area contributed by atoms with Gasteiger partial charge in [0.15, 0.2) is 0 Å². The van der Waals surface area contributed by atoms with E-state index in [9.17, 15) is 0 Å². The van der Waals surface area contributed by atoms with Crippen molar-refractivity contribution in [1.29, 1.82) is 0 Å². The number of nitrogens with zero attached hydrogens (tertiary/aromatic N) is 2. The van der Waals surface area contributed by atoms with Gasteiger partial charge < -0.3 is 9.47 Å². The van der Waals surface area contributed by atoms with E-state index < -0.39 is 0 Å². The number of benzene rings is 2. The maximum Gasteiger partial charge on any atom is 0.123 e. The van der Waals surface area contributed by atoms with Crippen molar-refractivity contribution in [2.45, 2.75) is 19.4 Å². The Kier molecular flexibility index (Phi) is 4.94. The minimum atomic E-state index is 0.708. The second-order valence-corrected chi connectivity index (χ2v) is 7.25. The first-order valence-corrected chi connectivity index (χ1v) is 9.50. The maximum atomic E-state index is 5.64. The molecule has 0 N–H and O–H groups in total. The van der Waals surface area contributed by atoms with E-state index in [0.717, 1.165) is 45.1 Å². The van der Waals surface area contributed by atoms with Crippen molar-refractivity contribution in [1.82, 2.24) is 9.78 Å².